The molecule has 3 aromatic rings. The van der Waals surface area contributed by atoms with Gasteiger partial charge in [-0.15, -0.1) is 0 Å². The minimum atomic E-state index is 0.155. The first kappa shape index (κ1) is 17.4. The minimum absolute atomic E-state index is 0.155. The number of benzene rings is 3. The molecule has 1 nitrogen and oxygen atoms in total. The molecular formula is C24H26O. The van der Waals surface area contributed by atoms with Crippen LogP contribution < -0.4 is 0 Å². The standard InChI is InChI=1S/C24H26O/c1-3-19-9-14-21(15-10-19)22-16-11-20(12-17-22)13-18-24(25-2)23-7-5-4-6-8-23/h4-12,14-17,24H,3,13,18H2,1-2H3. The first-order valence-electron chi connectivity index (χ1n) is 9.06. The number of ether oxygens (including phenoxy) is 1. The van der Waals surface area contributed by atoms with Crippen molar-refractivity contribution in [3.05, 3.63) is 95.6 Å². The molecule has 0 heterocycles. The van der Waals surface area contributed by atoms with E-state index in [1.807, 2.05) is 6.07 Å². The summed E-state index contributed by atoms with van der Waals surface area (Å²) in [5.74, 6) is 0. The smallest absolute Gasteiger partial charge is 0.0824 e. The van der Waals surface area contributed by atoms with Crippen LogP contribution >= 0.6 is 0 Å². The van der Waals surface area contributed by atoms with Crippen LogP contribution in [0.3, 0.4) is 0 Å². The molecule has 0 aliphatic rings. The van der Waals surface area contributed by atoms with Crippen LogP contribution in [0.5, 0.6) is 0 Å². The first-order valence-corrected chi connectivity index (χ1v) is 9.06. The number of hydrogen-bond donors (Lipinski definition) is 0. The normalized spacial score (nSPS) is 12.1. The highest BCUT2D eigenvalue weighted by Gasteiger charge is 2.10. The Labute approximate surface area is 151 Å². The highest BCUT2D eigenvalue weighted by atomic mass is 16.5. The van der Waals surface area contributed by atoms with Crippen molar-refractivity contribution in [2.75, 3.05) is 7.11 Å². The van der Waals surface area contributed by atoms with E-state index in [0.717, 1.165) is 19.3 Å². The molecule has 0 spiro atoms. The van der Waals surface area contributed by atoms with Crippen LogP contribution in [0.4, 0.5) is 0 Å². The van der Waals surface area contributed by atoms with Gasteiger partial charge in [0.15, 0.2) is 0 Å². The van der Waals surface area contributed by atoms with Crippen molar-refractivity contribution in [1.82, 2.24) is 0 Å². The molecule has 1 atom stereocenters. The van der Waals surface area contributed by atoms with E-state index in [9.17, 15) is 0 Å². The molecule has 3 aromatic carbocycles. The van der Waals surface area contributed by atoms with E-state index in [1.165, 1.54) is 27.8 Å². The van der Waals surface area contributed by atoms with Crippen LogP contribution in [0.1, 0.15) is 36.1 Å². The van der Waals surface area contributed by atoms with Crippen LogP contribution in [0.15, 0.2) is 78.9 Å². The first-order chi connectivity index (χ1) is 12.3. The maximum absolute atomic E-state index is 5.67. The molecule has 0 aromatic heterocycles. The Morgan fingerprint density at radius 2 is 1.28 bits per heavy atom. The van der Waals surface area contributed by atoms with E-state index in [2.05, 4.69) is 79.7 Å². The highest BCUT2D eigenvalue weighted by Crippen LogP contribution is 2.24. The molecule has 1 unspecified atom stereocenters. The van der Waals surface area contributed by atoms with Crippen LogP contribution in [0, 0.1) is 0 Å². The molecule has 128 valence electrons. The van der Waals surface area contributed by atoms with Gasteiger partial charge in [0.05, 0.1) is 6.10 Å². The number of aryl methyl sites for hydroxylation is 2. The van der Waals surface area contributed by atoms with Gasteiger partial charge in [-0.05, 0) is 47.1 Å². The summed E-state index contributed by atoms with van der Waals surface area (Å²) < 4.78 is 5.67. The second-order valence-corrected chi connectivity index (χ2v) is 6.42. The average molecular weight is 330 g/mol. The topological polar surface area (TPSA) is 9.23 Å². The van der Waals surface area contributed by atoms with Crippen molar-refractivity contribution in [3.63, 3.8) is 0 Å². The molecule has 0 fully saturated rings. The van der Waals surface area contributed by atoms with E-state index in [-0.39, 0.29) is 6.10 Å². The van der Waals surface area contributed by atoms with E-state index in [0.29, 0.717) is 0 Å². The van der Waals surface area contributed by atoms with Crippen molar-refractivity contribution < 1.29 is 4.74 Å². The van der Waals surface area contributed by atoms with E-state index >= 15 is 0 Å². The summed E-state index contributed by atoms with van der Waals surface area (Å²) in [6, 6.07) is 28.2. The predicted octanol–water partition coefficient (Wildman–Crippen LogP) is 6.24. The third-order valence-corrected chi connectivity index (χ3v) is 4.80. The van der Waals surface area contributed by atoms with Gasteiger partial charge in [-0.2, -0.15) is 0 Å². The summed E-state index contributed by atoms with van der Waals surface area (Å²) in [5, 5.41) is 0. The fourth-order valence-corrected chi connectivity index (χ4v) is 3.18. The van der Waals surface area contributed by atoms with Crippen molar-refractivity contribution >= 4 is 0 Å². The van der Waals surface area contributed by atoms with Gasteiger partial charge in [0.1, 0.15) is 0 Å². The molecule has 0 radical (unpaired) electrons. The fourth-order valence-electron chi connectivity index (χ4n) is 3.18. The van der Waals surface area contributed by atoms with E-state index < -0.39 is 0 Å². The SMILES string of the molecule is CCc1ccc(-c2ccc(CCC(OC)c3ccccc3)cc2)cc1. The molecular weight excluding hydrogens is 304 g/mol. The Hall–Kier alpha value is -2.38. The molecule has 0 bridgehead atoms. The molecule has 0 saturated heterocycles. The van der Waals surface area contributed by atoms with Crippen LogP contribution in [0.2, 0.25) is 0 Å². The quantitative estimate of drug-likeness (QED) is 0.498. The zero-order chi connectivity index (χ0) is 17.5. The van der Waals surface area contributed by atoms with E-state index in [1.54, 1.807) is 7.11 Å². The predicted molar refractivity (Wildman–Crippen MR) is 106 cm³/mol. The zero-order valence-corrected chi connectivity index (χ0v) is 15.1. The maximum atomic E-state index is 5.67. The van der Waals surface area contributed by atoms with Crippen molar-refractivity contribution in [3.8, 4) is 11.1 Å². The Balaban J connectivity index is 1.64. The second kappa shape index (κ2) is 8.64. The van der Waals surface area contributed by atoms with Crippen LogP contribution in [-0.4, -0.2) is 7.11 Å². The van der Waals surface area contributed by atoms with Crippen molar-refractivity contribution in [2.45, 2.75) is 32.3 Å². The molecule has 0 amide bonds. The average Bonchev–Trinajstić information content (AvgIpc) is 2.70. The third kappa shape index (κ3) is 4.58. The lowest BCUT2D eigenvalue weighted by Gasteiger charge is -2.15. The zero-order valence-electron chi connectivity index (χ0n) is 15.1. The Morgan fingerprint density at radius 1 is 0.720 bits per heavy atom. The molecule has 0 saturated carbocycles. The van der Waals surface area contributed by atoms with Gasteiger partial charge in [0, 0.05) is 7.11 Å². The summed E-state index contributed by atoms with van der Waals surface area (Å²) in [6.07, 6.45) is 3.25. The number of rotatable bonds is 7. The lowest BCUT2D eigenvalue weighted by atomic mass is 9.98. The summed E-state index contributed by atoms with van der Waals surface area (Å²) in [5.41, 5.74) is 6.54. The van der Waals surface area contributed by atoms with Gasteiger partial charge in [-0.25, -0.2) is 0 Å². The van der Waals surface area contributed by atoms with Gasteiger partial charge in [0.25, 0.3) is 0 Å². The number of methoxy groups -OCH3 is 1. The summed E-state index contributed by atoms with van der Waals surface area (Å²) in [4.78, 5) is 0. The molecule has 3 rings (SSSR count). The van der Waals surface area contributed by atoms with Crippen molar-refractivity contribution in [1.29, 1.82) is 0 Å². The summed E-state index contributed by atoms with van der Waals surface area (Å²) in [6.45, 7) is 2.19. The summed E-state index contributed by atoms with van der Waals surface area (Å²) >= 11 is 0. The van der Waals surface area contributed by atoms with Gasteiger partial charge in [-0.1, -0.05) is 85.8 Å². The largest absolute Gasteiger partial charge is 0.377 e. The third-order valence-electron chi connectivity index (χ3n) is 4.80. The van der Waals surface area contributed by atoms with Crippen LogP contribution in [0.25, 0.3) is 11.1 Å². The van der Waals surface area contributed by atoms with Gasteiger partial charge < -0.3 is 4.74 Å². The maximum Gasteiger partial charge on any atom is 0.0824 e. The minimum Gasteiger partial charge on any atom is -0.377 e. The Kier molecular flexibility index (Phi) is 6.03. The lowest BCUT2D eigenvalue weighted by Crippen LogP contribution is -2.03. The van der Waals surface area contributed by atoms with Gasteiger partial charge in [-0.3, -0.25) is 0 Å². The number of hydrogen-bond acceptors (Lipinski definition) is 1. The Morgan fingerprint density at radius 3 is 1.80 bits per heavy atom. The molecule has 1 heteroatoms. The van der Waals surface area contributed by atoms with Crippen molar-refractivity contribution in [2.24, 2.45) is 0 Å². The summed E-state index contributed by atoms with van der Waals surface area (Å²) in [7, 11) is 1.79. The molecule has 0 aliphatic carbocycles. The van der Waals surface area contributed by atoms with E-state index in [4.69, 9.17) is 4.74 Å². The van der Waals surface area contributed by atoms with Gasteiger partial charge >= 0.3 is 0 Å². The highest BCUT2D eigenvalue weighted by molar-refractivity contribution is 5.63. The van der Waals surface area contributed by atoms with Gasteiger partial charge in [0.2, 0.25) is 0 Å². The monoisotopic (exact) mass is 330 g/mol. The Bertz CT molecular complexity index is 757. The second-order valence-electron chi connectivity index (χ2n) is 6.42. The molecule has 25 heavy (non-hydrogen) atoms. The molecule has 0 N–H and O–H groups in total. The van der Waals surface area contributed by atoms with Crippen LogP contribution in [-0.2, 0) is 17.6 Å². The lowest BCUT2D eigenvalue weighted by molar-refractivity contribution is 0.0959. The fraction of sp³-hybridized carbons (Fsp3) is 0.250. The molecule has 0 aliphatic heterocycles.